The molecule has 648 valence electrons. The highest BCUT2D eigenvalue weighted by molar-refractivity contribution is 7.90. The zero-order valence-corrected chi connectivity index (χ0v) is 71.5. The molecule has 4 aliphatic carbocycles. The molecule has 0 unspecified atom stereocenters. The van der Waals surface area contributed by atoms with E-state index in [0.717, 1.165) is 97.9 Å². The molecule has 2 saturated carbocycles. The quantitative estimate of drug-likeness (QED) is 0.0289. The number of carbonyl (C=O) groups is 2. The Morgan fingerprint density at radius 3 is 1.49 bits per heavy atom. The van der Waals surface area contributed by atoms with E-state index in [1.807, 2.05) is 36.4 Å². The molecule has 18 rings (SSSR count). The Hall–Kier alpha value is -10.8. The summed E-state index contributed by atoms with van der Waals surface area (Å²) >= 11 is 12.5. The maximum atomic E-state index is 13.9. The smallest absolute Gasteiger partial charge is 0.287 e. The van der Waals surface area contributed by atoms with Crippen molar-refractivity contribution in [2.24, 2.45) is 10.8 Å². The van der Waals surface area contributed by atoms with Crippen LogP contribution >= 0.6 is 23.2 Å². The molecule has 34 heteroatoms. The SMILES string of the molecule is O=C(NS(=O)(=O)c1ccc(CC[C@H]2COCCO2)c([N+](=O)[O-])c1)c1ccc(N2CCN(CC3=C(c4ccc(Cl)cc4)CC4(CCC4)CC3)CC2)nc1Oc1cnc2[nH]ccc2c1.O=C(NS(=O)(=O)c1ccc(CC[C@H]2COCCO2)c([N+](=O)[O-])c1)c1ncc(N2CCN(CC3=C(c4ccc(Cl)cc4)CC4(CCC4)CC3)CC2)cc1Oc1cnc2[nH]ccc2c1. The molecule has 6 fully saturated rings. The summed E-state index contributed by atoms with van der Waals surface area (Å²) in [5.41, 5.74) is 10.8. The number of benzene rings is 4. The number of hydrogen-bond donors (Lipinski definition) is 4. The molecule has 4 saturated heterocycles. The number of pyridine rings is 4. The minimum absolute atomic E-state index is 0.0226. The van der Waals surface area contributed by atoms with Gasteiger partial charge in [0, 0.05) is 128 Å². The lowest BCUT2D eigenvalue weighted by molar-refractivity contribution is -0.385. The number of hydrogen-bond acceptors (Lipinski definition) is 24. The summed E-state index contributed by atoms with van der Waals surface area (Å²) in [6, 6.07) is 35.8. The topological polar surface area (TPSA) is 364 Å². The van der Waals surface area contributed by atoms with Crippen LogP contribution in [0, 0.1) is 31.1 Å². The lowest BCUT2D eigenvalue weighted by Gasteiger charge is -2.47. The number of carbonyl (C=O) groups excluding carboxylic acids is 2. The number of allylic oxidation sites excluding steroid dienone is 2. The van der Waals surface area contributed by atoms with Crippen molar-refractivity contribution >= 4 is 111 Å². The van der Waals surface area contributed by atoms with Crippen LogP contribution in [0.15, 0.2) is 179 Å². The highest BCUT2D eigenvalue weighted by Crippen LogP contribution is 2.57. The van der Waals surface area contributed by atoms with Crippen LogP contribution in [0.3, 0.4) is 0 Å². The second-order valence-electron chi connectivity index (χ2n) is 33.4. The molecule has 10 aromatic rings. The first kappa shape index (κ1) is 85.4. The van der Waals surface area contributed by atoms with Crippen LogP contribution in [-0.4, -0.2) is 195 Å². The van der Waals surface area contributed by atoms with E-state index in [9.17, 15) is 46.7 Å². The molecule has 10 heterocycles. The summed E-state index contributed by atoms with van der Waals surface area (Å²) in [7, 11) is -9.17. The van der Waals surface area contributed by atoms with Gasteiger partial charge in [-0.15, -0.1) is 0 Å². The Bertz CT molecular complexity index is 5600. The van der Waals surface area contributed by atoms with Gasteiger partial charge in [-0.3, -0.25) is 39.6 Å². The number of sulfonamides is 2. The van der Waals surface area contributed by atoms with E-state index in [-0.39, 0.29) is 59.3 Å². The molecule has 4 aliphatic heterocycles. The second kappa shape index (κ2) is 37.2. The van der Waals surface area contributed by atoms with Crippen LogP contribution in [0.1, 0.15) is 133 Å². The van der Waals surface area contributed by atoms with Crippen LogP contribution in [0.25, 0.3) is 33.2 Å². The van der Waals surface area contributed by atoms with Gasteiger partial charge in [-0.05, 0) is 196 Å². The van der Waals surface area contributed by atoms with Gasteiger partial charge in [0.05, 0.1) is 95.8 Å². The summed E-state index contributed by atoms with van der Waals surface area (Å²) in [4.78, 5) is 83.2. The molecule has 0 bridgehead atoms. The number of nitrogens with one attached hydrogen (secondary N) is 4. The third-order valence-electron chi connectivity index (χ3n) is 25.5. The predicted molar refractivity (Wildman–Crippen MR) is 468 cm³/mol. The van der Waals surface area contributed by atoms with Gasteiger partial charge >= 0.3 is 0 Å². The summed E-state index contributed by atoms with van der Waals surface area (Å²) in [5, 5.41) is 27.2. The lowest BCUT2D eigenvalue weighted by Crippen LogP contribution is -2.47. The zero-order chi connectivity index (χ0) is 85.7. The van der Waals surface area contributed by atoms with Crippen molar-refractivity contribution in [3.8, 4) is 23.1 Å². The monoisotopic (exact) mass is 1760 g/mol. The summed E-state index contributed by atoms with van der Waals surface area (Å²) < 4.78 is 93.4. The van der Waals surface area contributed by atoms with Crippen molar-refractivity contribution in [2.75, 3.05) is 115 Å². The maximum Gasteiger partial charge on any atom is 0.287 e. The number of piperazine rings is 2. The zero-order valence-electron chi connectivity index (χ0n) is 68.4. The Labute approximate surface area is 727 Å². The van der Waals surface area contributed by atoms with E-state index in [0.29, 0.717) is 135 Å². The fourth-order valence-electron chi connectivity index (χ4n) is 18.2. The number of nitrogens with zero attached hydrogens (tertiary/aromatic N) is 10. The number of ether oxygens (including phenoxy) is 6. The van der Waals surface area contributed by atoms with E-state index >= 15 is 0 Å². The number of amides is 2. The van der Waals surface area contributed by atoms with Gasteiger partial charge in [-0.1, -0.05) is 83.6 Å². The summed E-state index contributed by atoms with van der Waals surface area (Å²) in [5.74, 6) is -0.993. The third kappa shape index (κ3) is 19.8. The summed E-state index contributed by atoms with van der Waals surface area (Å²) in [6.45, 7) is 10.4. The number of fused-ring (bicyclic) bond motifs is 2. The predicted octanol–water partition coefficient (Wildman–Crippen LogP) is 15.4. The highest BCUT2D eigenvalue weighted by Gasteiger charge is 2.43. The van der Waals surface area contributed by atoms with E-state index in [1.54, 1.807) is 42.9 Å². The molecule has 30 nitrogen and oxygen atoms in total. The van der Waals surface area contributed by atoms with Gasteiger partial charge in [-0.2, -0.15) is 4.98 Å². The van der Waals surface area contributed by atoms with Crippen molar-refractivity contribution in [1.82, 2.24) is 49.1 Å². The van der Waals surface area contributed by atoms with Gasteiger partial charge in [0.25, 0.3) is 43.2 Å². The first-order valence-electron chi connectivity index (χ1n) is 42.2. The largest absolute Gasteiger partial charge is 0.453 e. The van der Waals surface area contributed by atoms with Gasteiger partial charge in [0.15, 0.2) is 11.4 Å². The number of aryl methyl sites for hydroxylation is 2. The standard InChI is InChI=1S/2C45H48ClN7O8S/c46-34-6-2-30(3-7-34)39-25-45(12-1-13-45)14-10-33(39)28-51-16-18-52(19-17-51)35-23-41(61-37-22-32-11-15-47-43(32)49-27-37)42(48-26-35)44(54)50-62(57,58)38-9-5-31(40(24-38)53(55)56)4-8-36-29-59-20-21-60-36;46-34-6-2-30(3-7-34)39-26-45(14-1-15-45)16-12-33(39)28-51-18-20-52(21-19-51)41-11-10-38(44(49-41)61-36-24-32-13-17-47-42(32)48-27-36)43(54)50-62(57,58)37-9-5-31(40(25-37)53(55)56)4-8-35-29-59-22-23-60-35/h2-3,5-7,9,11,15,22-24,26-27,36H,1,4,8,10,12-14,16-21,25,28-29H2,(H,47,49)(H,50,54);2-3,5-7,9-11,13,17,24-25,27,35H,1,4,8,12,14-16,18-23,26,28-29H2,(H,47,48)(H,50,54)/t36-;35-/m00/s1. The van der Waals surface area contributed by atoms with Gasteiger partial charge in [0.2, 0.25) is 5.88 Å². The molecular weight excluding hydrogens is 1670 g/mol. The number of nitro benzene ring substituents is 2. The Morgan fingerprint density at radius 1 is 0.540 bits per heavy atom. The molecule has 124 heavy (non-hydrogen) atoms. The van der Waals surface area contributed by atoms with Crippen LogP contribution in [0.2, 0.25) is 10.0 Å². The molecule has 8 aliphatic rings. The van der Waals surface area contributed by atoms with Crippen LogP contribution < -0.4 is 28.7 Å². The fourth-order valence-corrected chi connectivity index (χ4v) is 20.4. The van der Waals surface area contributed by atoms with Crippen molar-refractivity contribution in [1.29, 1.82) is 0 Å². The summed E-state index contributed by atoms with van der Waals surface area (Å²) in [6.07, 6.45) is 23.8. The number of anilines is 2. The molecule has 0 radical (unpaired) electrons. The Morgan fingerprint density at radius 2 is 1.02 bits per heavy atom. The molecule has 4 aromatic carbocycles. The van der Waals surface area contributed by atoms with E-state index in [2.05, 4.69) is 78.2 Å². The van der Waals surface area contributed by atoms with Crippen LogP contribution in [-0.2, 0) is 51.8 Å². The van der Waals surface area contributed by atoms with Crippen molar-refractivity contribution < 1.29 is 64.7 Å². The lowest BCUT2D eigenvalue weighted by atomic mass is 9.59. The van der Waals surface area contributed by atoms with Crippen molar-refractivity contribution in [3.05, 3.63) is 233 Å². The average Bonchev–Trinajstić information content (AvgIpc) is 0.776. The van der Waals surface area contributed by atoms with Gasteiger partial charge in [-0.25, -0.2) is 41.2 Å². The Kier molecular flexibility index (Phi) is 25.6. The number of aromatic nitrogens is 6. The number of rotatable bonds is 26. The van der Waals surface area contributed by atoms with Gasteiger partial charge < -0.3 is 48.2 Å². The first-order valence-corrected chi connectivity index (χ1v) is 45.9. The number of aromatic amines is 2. The highest BCUT2D eigenvalue weighted by atomic mass is 35.5. The third-order valence-corrected chi connectivity index (χ3v) is 28.7. The molecule has 4 N–H and O–H groups in total. The first-order chi connectivity index (χ1) is 60.0. The second-order valence-corrected chi connectivity index (χ2v) is 37.6. The molecule has 2 amide bonds. The van der Waals surface area contributed by atoms with Crippen LogP contribution in [0.5, 0.6) is 23.1 Å². The maximum absolute atomic E-state index is 13.9. The minimum atomic E-state index is -4.59. The fraction of sp³-hybridized carbons (Fsp3) is 0.400. The van der Waals surface area contributed by atoms with E-state index in [1.165, 1.54) is 128 Å². The number of halogens is 2. The van der Waals surface area contributed by atoms with Crippen LogP contribution in [0.4, 0.5) is 22.9 Å². The molecule has 2 atom stereocenters. The van der Waals surface area contributed by atoms with E-state index in [4.69, 9.17) is 56.6 Å². The van der Waals surface area contributed by atoms with E-state index < -0.39 is 51.5 Å². The number of H-pyrrole nitrogens is 2. The number of nitro groups is 2. The molecule has 2 spiro atoms. The minimum Gasteiger partial charge on any atom is -0.453 e. The molecular formula is C90H96Cl2N14O16S2. The van der Waals surface area contributed by atoms with Gasteiger partial charge in [0.1, 0.15) is 34.2 Å². The molecule has 6 aromatic heterocycles. The van der Waals surface area contributed by atoms with Crippen molar-refractivity contribution in [3.63, 3.8) is 0 Å². The average molecular weight is 1760 g/mol. The Balaban J connectivity index is 0.000000176. The normalized spacial score (nSPS) is 19.4. The van der Waals surface area contributed by atoms with Crippen molar-refractivity contribution in [2.45, 2.75) is 125 Å².